The number of nitrogens with one attached hydrogen (secondary N) is 1. The zero-order valence-corrected chi connectivity index (χ0v) is 14.3. The van der Waals surface area contributed by atoms with Gasteiger partial charge in [0.25, 0.3) is 5.91 Å². The van der Waals surface area contributed by atoms with Gasteiger partial charge in [-0.05, 0) is 31.2 Å². The van der Waals surface area contributed by atoms with E-state index in [0.29, 0.717) is 11.6 Å². The third kappa shape index (κ3) is 3.50. The van der Waals surface area contributed by atoms with Gasteiger partial charge in [-0.3, -0.25) is 4.79 Å². The van der Waals surface area contributed by atoms with Gasteiger partial charge in [0.2, 0.25) is 0 Å². The number of hydrogen-bond donors (Lipinski definition) is 1. The number of hydrogen-bond acceptors (Lipinski definition) is 3. The summed E-state index contributed by atoms with van der Waals surface area (Å²) in [7, 11) is 0. The van der Waals surface area contributed by atoms with Crippen molar-refractivity contribution in [3.8, 4) is 11.3 Å². The summed E-state index contributed by atoms with van der Waals surface area (Å²) in [6.07, 6.45) is 0. The number of aryl methyl sites for hydroxylation is 1. The van der Waals surface area contributed by atoms with Crippen LogP contribution in [0.2, 0.25) is 10.0 Å². The molecular weight excluding hydrogens is 373 g/mol. The number of carbonyl (C=O) groups is 1. The van der Waals surface area contributed by atoms with Crippen molar-refractivity contribution in [2.24, 2.45) is 0 Å². The summed E-state index contributed by atoms with van der Waals surface area (Å²) in [5.74, 6) is -2.08. The molecule has 0 fully saturated rings. The van der Waals surface area contributed by atoms with Crippen LogP contribution in [0.25, 0.3) is 11.3 Å². The molecule has 0 aliphatic rings. The standard InChI is InChI=1S/C17H10Cl2F2N2O2/c1-8-14(17(24)22-11-6-9(20)5-10(21)7-11)16(23-25-8)15-12(18)3-2-4-13(15)19/h2-7H,1H3,(H,22,24). The Hall–Kier alpha value is -2.44. The first-order chi connectivity index (χ1) is 11.9. The second-order valence-corrected chi connectivity index (χ2v) is 5.99. The molecule has 0 bridgehead atoms. The van der Waals surface area contributed by atoms with E-state index in [0.717, 1.165) is 12.1 Å². The van der Waals surface area contributed by atoms with Crippen molar-refractivity contribution in [1.29, 1.82) is 0 Å². The molecule has 0 saturated heterocycles. The molecule has 2 aromatic carbocycles. The zero-order chi connectivity index (χ0) is 18.1. The van der Waals surface area contributed by atoms with Gasteiger partial charge in [0.15, 0.2) is 0 Å². The molecule has 0 spiro atoms. The molecule has 128 valence electrons. The van der Waals surface area contributed by atoms with E-state index < -0.39 is 17.5 Å². The minimum atomic E-state index is -0.813. The van der Waals surface area contributed by atoms with Crippen molar-refractivity contribution in [2.45, 2.75) is 6.92 Å². The molecule has 3 rings (SSSR count). The fourth-order valence-corrected chi connectivity index (χ4v) is 2.93. The van der Waals surface area contributed by atoms with Crippen molar-refractivity contribution in [1.82, 2.24) is 5.16 Å². The molecule has 0 aliphatic carbocycles. The number of rotatable bonds is 3. The SMILES string of the molecule is Cc1onc(-c2c(Cl)cccc2Cl)c1C(=O)Nc1cc(F)cc(F)c1. The minimum Gasteiger partial charge on any atom is -0.360 e. The maximum atomic E-state index is 13.3. The minimum absolute atomic E-state index is 0.0423. The fourth-order valence-electron chi connectivity index (χ4n) is 2.35. The van der Waals surface area contributed by atoms with Crippen molar-refractivity contribution in [2.75, 3.05) is 5.32 Å². The maximum Gasteiger partial charge on any atom is 0.261 e. The van der Waals surface area contributed by atoms with Crippen LogP contribution in [0.5, 0.6) is 0 Å². The van der Waals surface area contributed by atoms with E-state index >= 15 is 0 Å². The third-order valence-corrected chi connectivity index (χ3v) is 4.04. The van der Waals surface area contributed by atoms with Gasteiger partial charge in [0, 0.05) is 17.3 Å². The Bertz CT molecular complexity index is 933. The molecule has 1 aromatic heterocycles. The largest absolute Gasteiger partial charge is 0.360 e. The van der Waals surface area contributed by atoms with Gasteiger partial charge in [0.05, 0.1) is 10.0 Å². The lowest BCUT2D eigenvalue weighted by Crippen LogP contribution is -2.14. The molecule has 0 atom stereocenters. The van der Waals surface area contributed by atoms with E-state index in [1.165, 1.54) is 6.92 Å². The predicted octanol–water partition coefficient (Wildman–Crippen LogP) is 5.49. The number of amides is 1. The van der Waals surface area contributed by atoms with Gasteiger partial charge >= 0.3 is 0 Å². The van der Waals surface area contributed by atoms with Crippen molar-refractivity contribution in [3.63, 3.8) is 0 Å². The highest BCUT2D eigenvalue weighted by molar-refractivity contribution is 6.39. The van der Waals surface area contributed by atoms with E-state index in [-0.39, 0.29) is 32.8 Å². The molecule has 4 nitrogen and oxygen atoms in total. The summed E-state index contributed by atoms with van der Waals surface area (Å²) >= 11 is 12.3. The lowest BCUT2D eigenvalue weighted by molar-refractivity contribution is 0.102. The van der Waals surface area contributed by atoms with E-state index in [2.05, 4.69) is 10.5 Å². The molecule has 1 amide bonds. The van der Waals surface area contributed by atoms with Crippen LogP contribution in [0.15, 0.2) is 40.9 Å². The van der Waals surface area contributed by atoms with Crippen LogP contribution in [-0.2, 0) is 0 Å². The van der Waals surface area contributed by atoms with Gasteiger partial charge in [-0.1, -0.05) is 34.4 Å². The van der Waals surface area contributed by atoms with Crippen LogP contribution in [0.4, 0.5) is 14.5 Å². The molecule has 1 N–H and O–H groups in total. The first-order valence-corrected chi connectivity index (χ1v) is 7.80. The van der Waals surface area contributed by atoms with Crippen LogP contribution in [-0.4, -0.2) is 11.1 Å². The number of nitrogens with zero attached hydrogens (tertiary/aromatic N) is 1. The highest BCUT2D eigenvalue weighted by Gasteiger charge is 2.25. The molecule has 0 aliphatic heterocycles. The summed E-state index contributed by atoms with van der Waals surface area (Å²) < 4.78 is 31.7. The molecule has 0 saturated carbocycles. The maximum absolute atomic E-state index is 13.3. The number of benzene rings is 2. The van der Waals surface area contributed by atoms with Gasteiger partial charge in [-0.25, -0.2) is 8.78 Å². The Morgan fingerprint density at radius 2 is 1.72 bits per heavy atom. The van der Waals surface area contributed by atoms with Crippen LogP contribution in [0.1, 0.15) is 16.1 Å². The van der Waals surface area contributed by atoms with Crippen molar-refractivity contribution >= 4 is 34.8 Å². The summed E-state index contributed by atoms with van der Waals surface area (Å²) in [6.45, 7) is 1.53. The summed E-state index contributed by atoms with van der Waals surface area (Å²) in [6, 6.07) is 7.52. The average Bonchev–Trinajstić information content (AvgIpc) is 2.87. The molecule has 1 heterocycles. The monoisotopic (exact) mass is 382 g/mol. The second-order valence-electron chi connectivity index (χ2n) is 5.17. The van der Waals surface area contributed by atoms with Gasteiger partial charge < -0.3 is 9.84 Å². The average molecular weight is 383 g/mol. The molecule has 0 unspecified atom stereocenters. The van der Waals surface area contributed by atoms with Crippen molar-refractivity contribution in [3.05, 3.63) is 69.4 Å². The highest BCUT2D eigenvalue weighted by atomic mass is 35.5. The van der Waals surface area contributed by atoms with E-state index in [9.17, 15) is 13.6 Å². The normalized spacial score (nSPS) is 10.8. The summed E-state index contributed by atoms with van der Waals surface area (Å²) in [5.41, 5.74) is 0.500. The molecular formula is C17H10Cl2F2N2O2. The Morgan fingerprint density at radius 3 is 2.32 bits per heavy atom. The second kappa shape index (κ2) is 6.82. The molecule has 25 heavy (non-hydrogen) atoms. The van der Waals surface area contributed by atoms with Crippen LogP contribution in [0, 0.1) is 18.6 Å². The smallest absolute Gasteiger partial charge is 0.261 e. The van der Waals surface area contributed by atoms with Crippen LogP contribution in [0.3, 0.4) is 0 Å². The number of halogens is 4. The first-order valence-electron chi connectivity index (χ1n) is 7.05. The predicted molar refractivity (Wildman–Crippen MR) is 91.0 cm³/mol. The van der Waals surface area contributed by atoms with Gasteiger partial charge in [0.1, 0.15) is 28.7 Å². The lowest BCUT2D eigenvalue weighted by Gasteiger charge is -2.08. The highest BCUT2D eigenvalue weighted by Crippen LogP contribution is 2.37. The quantitative estimate of drug-likeness (QED) is 0.651. The van der Waals surface area contributed by atoms with E-state index in [4.69, 9.17) is 27.7 Å². The Balaban J connectivity index is 2.03. The van der Waals surface area contributed by atoms with Crippen LogP contribution < -0.4 is 5.32 Å². The molecule has 8 heteroatoms. The van der Waals surface area contributed by atoms with Crippen molar-refractivity contribution < 1.29 is 18.1 Å². The summed E-state index contributed by atoms with van der Waals surface area (Å²) in [5, 5.41) is 6.83. The lowest BCUT2D eigenvalue weighted by atomic mass is 10.1. The topological polar surface area (TPSA) is 55.1 Å². The van der Waals surface area contributed by atoms with Gasteiger partial charge in [-0.2, -0.15) is 0 Å². The number of anilines is 1. The zero-order valence-electron chi connectivity index (χ0n) is 12.7. The number of aromatic nitrogens is 1. The van der Waals surface area contributed by atoms with Crippen LogP contribution >= 0.6 is 23.2 Å². The van der Waals surface area contributed by atoms with E-state index in [1.54, 1.807) is 18.2 Å². The third-order valence-electron chi connectivity index (χ3n) is 3.41. The van der Waals surface area contributed by atoms with E-state index in [1.807, 2.05) is 0 Å². The first kappa shape index (κ1) is 17.4. The Morgan fingerprint density at radius 1 is 1.12 bits per heavy atom. The Kier molecular flexibility index (Phi) is 4.74. The fraction of sp³-hybridized carbons (Fsp3) is 0.0588. The molecule has 0 radical (unpaired) electrons. The Labute approximate surface area is 151 Å². The van der Waals surface area contributed by atoms with Gasteiger partial charge in [-0.15, -0.1) is 0 Å². The molecule has 3 aromatic rings. The summed E-state index contributed by atoms with van der Waals surface area (Å²) in [4.78, 5) is 12.6. The number of carbonyl (C=O) groups excluding carboxylic acids is 1.